The van der Waals surface area contributed by atoms with Crippen molar-refractivity contribution < 1.29 is 8.42 Å². The molecule has 0 fully saturated rings. The molecule has 1 unspecified atom stereocenters. The Morgan fingerprint density at radius 2 is 2.33 bits per heavy atom. The van der Waals surface area contributed by atoms with Gasteiger partial charge in [-0.2, -0.15) is 9.40 Å². The van der Waals surface area contributed by atoms with E-state index in [1.165, 1.54) is 21.4 Å². The Morgan fingerprint density at radius 1 is 1.50 bits per heavy atom. The Kier molecular flexibility index (Phi) is 2.76. The molecule has 96 valence electrons. The summed E-state index contributed by atoms with van der Waals surface area (Å²) in [4.78, 5) is 1.29. The molecule has 0 bridgehead atoms. The van der Waals surface area contributed by atoms with Crippen LogP contribution in [0.25, 0.3) is 0 Å². The van der Waals surface area contributed by atoms with Crippen LogP contribution in [0.4, 0.5) is 0 Å². The third kappa shape index (κ3) is 1.70. The van der Waals surface area contributed by atoms with E-state index in [4.69, 9.17) is 0 Å². The summed E-state index contributed by atoms with van der Waals surface area (Å²) in [5, 5.41) is 8.43. The highest BCUT2D eigenvalue weighted by Gasteiger charge is 2.34. The highest BCUT2D eigenvalue weighted by atomic mass is 32.2. The van der Waals surface area contributed by atoms with Gasteiger partial charge in [0.25, 0.3) is 10.0 Å². The molecule has 1 N–H and O–H groups in total. The van der Waals surface area contributed by atoms with Crippen molar-refractivity contribution in [2.45, 2.75) is 24.4 Å². The molecule has 1 aliphatic heterocycles. The van der Waals surface area contributed by atoms with Gasteiger partial charge in [-0.3, -0.25) is 5.10 Å². The van der Waals surface area contributed by atoms with Crippen LogP contribution in [0.15, 0.2) is 28.7 Å². The summed E-state index contributed by atoms with van der Waals surface area (Å²) in [6.07, 6.45) is 2.24. The largest absolute Gasteiger partial charge is 0.266 e. The standard InChI is InChI=1S/C11H13N3O2S2/c1-8-9-4-7-17-10(9)3-6-14(8)18(15,16)11-2-5-12-13-11/h2,4-5,7-8H,3,6H2,1H3,(H,12,13). The van der Waals surface area contributed by atoms with Gasteiger partial charge in [0.15, 0.2) is 5.03 Å². The molecule has 18 heavy (non-hydrogen) atoms. The smallest absolute Gasteiger partial charge is 0.260 e. The van der Waals surface area contributed by atoms with E-state index in [0.717, 1.165) is 12.0 Å². The van der Waals surface area contributed by atoms with E-state index in [1.807, 2.05) is 18.4 Å². The lowest BCUT2D eigenvalue weighted by Gasteiger charge is -2.31. The fraction of sp³-hybridized carbons (Fsp3) is 0.364. The molecule has 1 aliphatic rings. The number of sulfonamides is 1. The third-order valence-electron chi connectivity index (χ3n) is 3.28. The number of hydrogen-bond donors (Lipinski definition) is 1. The van der Waals surface area contributed by atoms with Crippen LogP contribution in [0.3, 0.4) is 0 Å². The van der Waals surface area contributed by atoms with Crippen LogP contribution >= 0.6 is 11.3 Å². The average Bonchev–Trinajstić information content (AvgIpc) is 3.00. The Balaban J connectivity index is 2.00. The molecule has 0 aromatic carbocycles. The molecule has 0 aliphatic carbocycles. The number of H-pyrrole nitrogens is 1. The lowest BCUT2D eigenvalue weighted by Crippen LogP contribution is -2.38. The lowest BCUT2D eigenvalue weighted by molar-refractivity contribution is 0.328. The molecular weight excluding hydrogens is 270 g/mol. The molecule has 0 saturated carbocycles. The van der Waals surface area contributed by atoms with Crippen LogP contribution in [0.5, 0.6) is 0 Å². The Labute approximate surface area is 110 Å². The molecular formula is C11H13N3O2S2. The number of rotatable bonds is 2. The maximum atomic E-state index is 12.4. The van der Waals surface area contributed by atoms with Gasteiger partial charge in [-0.25, -0.2) is 8.42 Å². The van der Waals surface area contributed by atoms with Gasteiger partial charge in [0.2, 0.25) is 0 Å². The van der Waals surface area contributed by atoms with Crippen molar-refractivity contribution in [2.75, 3.05) is 6.54 Å². The van der Waals surface area contributed by atoms with Crippen molar-refractivity contribution in [3.8, 4) is 0 Å². The zero-order valence-corrected chi connectivity index (χ0v) is 11.5. The van der Waals surface area contributed by atoms with Gasteiger partial charge in [0.05, 0.1) is 6.20 Å². The molecule has 0 radical (unpaired) electrons. The summed E-state index contributed by atoms with van der Waals surface area (Å²) in [5.41, 5.74) is 1.12. The monoisotopic (exact) mass is 283 g/mol. The zero-order chi connectivity index (χ0) is 12.8. The molecule has 0 amide bonds. The van der Waals surface area contributed by atoms with Crippen LogP contribution in [0.1, 0.15) is 23.4 Å². The van der Waals surface area contributed by atoms with Crippen molar-refractivity contribution in [1.29, 1.82) is 0 Å². The molecule has 0 saturated heterocycles. The minimum atomic E-state index is -3.47. The average molecular weight is 283 g/mol. The van der Waals surface area contributed by atoms with E-state index >= 15 is 0 Å². The van der Waals surface area contributed by atoms with Crippen LogP contribution in [-0.4, -0.2) is 29.5 Å². The van der Waals surface area contributed by atoms with E-state index in [2.05, 4.69) is 10.2 Å². The molecule has 0 spiro atoms. The molecule has 7 heteroatoms. The number of thiophene rings is 1. The second kappa shape index (κ2) is 4.18. The van der Waals surface area contributed by atoms with Gasteiger partial charge in [0, 0.05) is 17.5 Å². The zero-order valence-electron chi connectivity index (χ0n) is 9.83. The van der Waals surface area contributed by atoms with Crippen molar-refractivity contribution in [3.63, 3.8) is 0 Å². The maximum absolute atomic E-state index is 12.4. The van der Waals surface area contributed by atoms with E-state index in [9.17, 15) is 8.42 Å². The molecule has 2 aromatic rings. The first kappa shape index (κ1) is 11.9. The van der Waals surface area contributed by atoms with E-state index in [0.29, 0.717) is 6.54 Å². The first-order chi connectivity index (χ1) is 8.60. The molecule has 5 nitrogen and oxygen atoms in total. The fourth-order valence-electron chi connectivity index (χ4n) is 2.33. The van der Waals surface area contributed by atoms with Crippen molar-refractivity contribution in [3.05, 3.63) is 34.2 Å². The van der Waals surface area contributed by atoms with Crippen LogP contribution in [-0.2, 0) is 16.4 Å². The quantitative estimate of drug-likeness (QED) is 0.913. The van der Waals surface area contributed by atoms with E-state index in [-0.39, 0.29) is 11.1 Å². The van der Waals surface area contributed by atoms with Crippen molar-refractivity contribution in [2.24, 2.45) is 0 Å². The molecule has 2 aromatic heterocycles. The number of hydrogen-bond acceptors (Lipinski definition) is 4. The number of fused-ring (bicyclic) bond motifs is 1. The van der Waals surface area contributed by atoms with Crippen LogP contribution in [0.2, 0.25) is 0 Å². The lowest BCUT2D eigenvalue weighted by atomic mass is 10.0. The minimum absolute atomic E-state index is 0.117. The maximum Gasteiger partial charge on any atom is 0.260 e. The van der Waals surface area contributed by atoms with Crippen molar-refractivity contribution in [1.82, 2.24) is 14.5 Å². The van der Waals surface area contributed by atoms with Gasteiger partial charge in [-0.1, -0.05) is 0 Å². The topological polar surface area (TPSA) is 66.1 Å². The first-order valence-electron chi connectivity index (χ1n) is 5.68. The van der Waals surface area contributed by atoms with Gasteiger partial charge < -0.3 is 0 Å². The second-order valence-corrected chi connectivity index (χ2v) is 7.12. The highest BCUT2D eigenvalue weighted by Crippen LogP contribution is 2.35. The summed E-state index contributed by atoms with van der Waals surface area (Å²) >= 11 is 1.70. The van der Waals surface area contributed by atoms with Crippen LogP contribution < -0.4 is 0 Å². The van der Waals surface area contributed by atoms with Gasteiger partial charge >= 0.3 is 0 Å². The molecule has 3 rings (SSSR count). The normalized spacial score (nSPS) is 20.8. The minimum Gasteiger partial charge on any atom is -0.266 e. The summed E-state index contributed by atoms with van der Waals surface area (Å²) in [6.45, 7) is 2.45. The van der Waals surface area contributed by atoms with Gasteiger partial charge in [-0.05, 0) is 36.4 Å². The number of aromatic amines is 1. The van der Waals surface area contributed by atoms with Gasteiger partial charge in [0.1, 0.15) is 0 Å². The molecule has 3 heterocycles. The second-order valence-electron chi connectivity index (χ2n) is 4.26. The molecule has 1 atom stereocenters. The number of nitrogens with one attached hydrogen (secondary N) is 1. The summed E-state index contributed by atoms with van der Waals surface area (Å²) in [6, 6.07) is 3.39. The van der Waals surface area contributed by atoms with Crippen molar-refractivity contribution >= 4 is 21.4 Å². The van der Waals surface area contributed by atoms with E-state index < -0.39 is 10.0 Å². The summed E-state index contributed by atoms with van der Waals surface area (Å²) in [5.74, 6) is 0. The van der Waals surface area contributed by atoms with E-state index in [1.54, 1.807) is 11.3 Å². The number of aromatic nitrogens is 2. The highest BCUT2D eigenvalue weighted by molar-refractivity contribution is 7.89. The predicted molar refractivity (Wildman–Crippen MR) is 68.9 cm³/mol. The first-order valence-corrected chi connectivity index (χ1v) is 8.00. The van der Waals surface area contributed by atoms with Crippen LogP contribution in [0, 0.1) is 0 Å². The third-order valence-corrected chi connectivity index (χ3v) is 6.18. The predicted octanol–water partition coefficient (Wildman–Crippen LogP) is 1.78. The fourth-order valence-corrected chi connectivity index (χ4v) is 4.81. The number of nitrogens with zero attached hydrogens (tertiary/aromatic N) is 2. The Bertz CT molecular complexity index is 646. The van der Waals surface area contributed by atoms with Gasteiger partial charge in [-0.15, -0.1) is 11.3 Å². The SMILES string of the molecule is CC1c2ccsc2CCN1S(=O)(=O)c1ccn[nH]1. The summed E-state index contributed by atoms with van der Waals surface area (Å²) < 4.78 is 26.4. The Morgan fingerprint density at radius 3 is 3.06 bits per heavy atom. The Hall–Kier alpha value is -1.18. The summed E-state index contributed by atoms with van der Waals surface area (Å²) in [7, 11) is -3.47.